The Labute approximate surface area is 164 Å². The molecule has 1 rings (SSSR count). The van der Waals surface area contributed by atoms with Crippen LogP contribution in [0.25, 0.3) is 0 Å². The molecule has 0 N–H and O–H groups in total. The summed E-state index contributed by atoms with van der Waals surface area (Å²) in [6.45, 7) is 7.05. The van der Waals surface area contributed by atoms with Crippen molar-refractivity contribution in [3.63, 3.8) is 0 Å². The third kappa shape index (κ3) is 9.60. The molecule has 0 aromatic heterocycles. The summed E-state index contributed by atoms with van der Waals surface area (Å²) in [6.07, 6.45) is 10.5. The quantitative estimate of drug-likeness (QED) is 0.287. The Hall–Kier alpha value is -1.84. The number of hydrogen-bond acceptors (Lipinski definition) is 4. The molecule has 0 heterocycles. The van der Waals surface area contributed by atoms with E-state index in [0.717, 1.165) is 19.3 Å². The molecule has 0 aliphatic heterocycles. The lowest BCUT2D eigenvalue weighted by molar-refractivity contribution is 0.0419. The molecular weight excluding hydrogens is 340 g/mol. The second-order valence-electron chi connectivity index (χ2n) is 7.27. The molecule has 152 valence electrons. The molecule has 1 atom stereocenters. The van der Waals surface area contributed by atoms with Gasteiger partial charge in [0.15, 0.2) is 0 Å². The lowest BCUT2D eigenvalue weighted by atomic mass is 10.1. The Morgan fingerprint density at radius 1 is 0.815 bits per heavy atom. The van der Waals surface area contributed by atoms with Crippen molar-refractivity contribution in [3.8, 4) is 0 Å². The maximum absolute atomic E-state index is 12.3. The van der Waals surface area contributed by atoms with Crippen LogP contribution in [0.2, 0.25) is 0 Å². The first-order valence-corrected chi connectivity index (χ1v) is 10.5. The number of hydrogen-bond donors (Lipinski definition) is 0. The lowest BCUT2D eigenvalue weighted by Gasteiger charge is -2.12. The topological polar surface area (TPSA) is 52.6 Å². The summed E-state index contributed by atoms with van der Waals surface area (Å²) >= 11 is 0. The zero-order valence-electron chi connectivity index (χ0n) is 17.3. The predicted molar refractivity (Wildman–Crippen MR) is 109 cm³/mol. The van der Waals surface area contributed by atoms with E-state index in [1.54, 1.807) is 24.3 Å². The van der Waals surface area contributed by atoms with Crippen LogP contribution in [0.4, 0.5) is 0 Å². The molecular formula is C23H36O4. The third-order valence-electron chi connectivity index (χ3n) is 4.79. The Balaban J connectivity index is 2.37. The Kier molecular flexibility index (Phi) is 12.2. The summed E-state index contributed by atoms with van der Waals surface area (Å²) in [7, 11) is 0. The average Bonchev–Trinajstić information content (AvgIpc) is 2.70. The minimum Gasteiger partial charge on any atom is -0.462 e. The summed E-state index contributed by atoms with van der Waals surface area (Å²) in [5.41, 5.74) is 0.563. The van der Waals surface area contributed by atoms with Gasteiger partial charge in [-0.2, -0.15) is 0 Å². The molecule has 1 aromatic rings. The second-order valence-corrected chi connectivity index (χ2v) is 7.27. The van der Waals surface area contributed by atoms with Crippen LogP contribution in [0.3, 0.4) is 0 Å². The largest absolute Gasteiger partial charge is 0.462 e. The van der Waals surface area contributed by atoms with Gasteiger partial charge < -0.3 is 9.47 Å². The van der Waals surface area contributed by atoms with Crippen molar-refractivity contribution in [3.05, 3.63) is 35.4 Å². The normalized spacial score (nSPS) is 11.8. The van der Waals surface area contributed by atoms with E-state index >= 15 is 0 Å². The fraction of sp³-hybridized carbons (Fsp3) is 0.652. The first-order chi connectivity index (χ1) is 13.1. The monoisotopic (exact) mass is 376 g/mol. The van der Waals surface area contributed by atoms with Gasteiger partial charge in [0.2, 0.25) is 0 Å². The molecule has 0 aliphatic rings. The highest BCUT2D eigenvalue weighted by Crippen LogP contribution is 2.14. The Bertz CT molecular complexity index is 553. The summed E-state index contributed by atoms with van der Waals surface area (Å²) in [4.78, 5) is 24.6. The van der Waals surface area contributed by atoms with Gasteiger partial charge in [0.25, 0.3) is 0 Å². The number of ether oxygens (including phenoxy) is 2. The molecule has 4 heteroatoms. The van der Waals surface area contributed by atoms with Crippen LogP contribution in [0.5, 0.6) is 0 Å². The van der Waals surface area contributed by atoms with Crippen LogP contribution in [0.1, 0.15) is 99.3 Å². The second kappa shape index (κ2) is 14.2. The summed E-state index contributed by atoms with van der Waals surface area (Å²) in [6, 6.07) is 6.70. The van der Waals surface area contributed by atoms with E-state index in [1.165, 1.54) is 38.5 Å². The van der Waals surface area contributed by atoms with E-state index in [1.807, 2.05) is 6.92 Å². The van der Waals surface area contributed by atoms with E-state index in [0.29, 0.717) is 19.1 Å². The average molecular weight is 377 g/mol. The number of carbonyl (C=O) groups excluding carboxylic acids is 2. The molecule has 0 amide bonds. The highest BCUT2D eigenvalue weighted by Gasteiger charge is 2.19. The molecule has 0 bridgehead atoms. The molecule has 0 aliphatic carbocycles. The van der Waals surface area contributed by atoms with Gasteiger partial charge in [0, 0.05) is 0 Å². The van der Waals surface area contributed by atoms with Crippen molar-refractivity contribution >= 4 is 11.9 Å². The maximum Gasteiger partial charge on any atom is 0.339 e. The highest BCUT2D eigenvalue weighted by molar-refractivity contribution is 6.03. The zero-order valence-corrected chi connectivity index (χ0v) is 17.3. The first kappa shape index (κ1) is 23.2. The maximum atomic E-state index is 12.3. The van der Waals surface area contributed by atoms with Crippen LogP contribution in [0, 0.1) is 5.92 Å². The van der Waals surface area contributed by atoms with Crippen LogP contribution in [-0.4, -0.2) is 25.2 Å². The molecule has 1 aromatic carbocycles. The minimum absolute atomic E-state index is 0.279. The fourth-order valence-electron chi connectivity index (χ4n) is 2.73. The van der Waals surface area contributed by atoms with E-state index in [-0.39, 0.29) is 11.1 Å². The van der Waals surface area contributed by atoms with Crippen molar-refractivity contribution in [1.82, 2.24) is 0 Å². The molecule has 0 spiro atoms. The lowest BCUT2D eigenvalue weighted by Crippen LogP contribution is -2.16. The molecule has 0 radical (unpaired) electrons. The van der Waals surface area contributed by atoms with Gasteiger partial charge in [-0.15, -0.1) is 0 Å². The smallest absolute Gasteiger partial charge is 0.339 e. The van der Waals surface area contributed by atoms with E-state index in [2.05, 4.69) is 13.8 Å². The molecule has 27 heavy (non-hydrogen) atoms. The Morgan fingerprint density at radius 3 is 1.89 bits per heavy atom. The van der Waals surface area contributed by atoms with Gasteiger partial charge >= 0.3 is 11.9 Å². The van der Waals surface area contributed by atoms with Gasteiger partial charge in [-0.3, -0.25) is 0 Å². The van der Waals surface area contributed by atoms with E-state index < -0.39 is 11.9 Å². The van der Waals surface area contributed by atoms with E-state index in [4.69, 9.17) is 9.47 Å². The number of unbranched alkanes of at least 4 members (excludes halogenated alkanes) is 7. The highest BCUT2D eigenvalue weighted by atomic mass is 16.5. The SMILES string of the molecule is CCCCCCCCCCOC(=O)c1ccccc1C(=O)OCC(C)CC. The first-order valence-electron chi connectivity index (χ1n) is 10.5. The molecule has 0 saturated carbocycles. The minimum atomic E-state index is -0.463. The van der Waals surface area contributed by atoms with Crippen LogP contribution >= 0.6 is 0 Å². The molecule has 0 fully saturated rings. The number of rotatable bonds is 14. The molecule has 1 unspecified atom stereocenters. The van der Waals surface area contributed by atoms with Crippen molar-refractivity contribution < 1.29 is 19.1 Å². The van der Waals surface area contributed by atoms with Gasteiger partial charge in [0.05, 0.1) is 24.3 Å². The third-order valence-corrected chi connectivity index (χ3v) is 4.79. The number of carbonyl (C=O) groups is 2. The van der Waals surface area contributed by atoms with Crippen LogP contribution in [-0.2, 0) is 9.47 Å². The summed E-state index contributed by atoms with van der Waals surface area (Å²) in [5.74, 6) is -0.612. The van der Waals surface area contributed by atoms with Crippen molar-refractivity contribution in [1.29, 1.82) is 0 Å². The van der Waals surface area contributed by atoms with Crippen molar-refractivity contribution in [2.75, 3.05) is 13.2 Å². The fourth-order valence-corrected chi connectivity index (χ4v) is 2.73. The molecule has 4 nitrogen and oxygen atoms in total. The predicted octanol–water partition coefficient (Wildman–Crippen LogP) is 6.19. The van der Waals surface area contributed by atoms with Gasteiger partial charge in [-0.1, -0.05) is 84.3 Å². The van der Waals surface area contributed by atoms with Crippen LogP contribution < -0.4 is 0 Å². The standard InChI is InChI=1S/C23H36O4/c1-4-6-7-8-9-10-11-14-17-26-22(24)20-15-12-13-16-21(20)23(25)27-18-19(3)5-2/h12-13,15-16,19H,4-11,14,17-18H2,1-3H3. The van der Waals surface area contributed by atoms with E-state index in [9.17, 15) is 9.59 Å². The summed E-state index contributed by atoms with van der Waals surface area (Å²) < 4.78 is 10.7. The summed E-state index contributed by atoms with van der Waals surface area (Å²) in [5, 5.41) is 0. The molecule has 0 saturated heterocycles. The zero-order chi connectivity index (χ0) is 19.9. The van der Waals surface area contributed by atoms with Crippen molar-refractivity contribution in [2.24, 2.45) is 5.92 Å². The number of esters is 2. The van der Waals surface area contributed by atoms with Crippen LogP contribution in [0.15, 0.2) is 24.3 Å². The van der Waals surface area contributed by atoms with Gasteiger partial charge in [0.1, 0.15) is 0 Å². The number of benzene rings is 1. The Morgan fingerprint density at radius 2 is 1.33 bits per heavy atom. The van der Waals surface area contributed by atoms with Crippen molar-refractivity contribution in [2.45, 2.75) is 78.6 Å². The van der Waals surface area contributed by atoms with Gasteiger partial charge in [-0.25, -0.2) is 9.59 Å². The van der Waals surface area contributed by atoms with Gasteiger partial charge in [-0.05, 0) is 24.5 Å².